The Kier molecular flexibility index (Phi) is 6.61. The lowest BCUT2D eigenvalue weighted by Gasteiger charge is -2.33. The number of benzene rings is 1. The summed E-state index contributed by atoms with van der Waals surface area (Å²) < 4.78 is 11.0. The molecule has 132 valence electrons. The first-order valence-corrected chi connectivity index (χ1v) is 8.26. The zero-order valence-corrected chi connectivity index (χ0v) is 14.3. The third kappa shape index (κ3) is 5.23. The maximum Gasteiger partial charge on any atom is 0.323 e. The van der Waals surface area contributed by atoms with Gasteiger partial charge in [0.05, 0.1) is 13.0 Å². The van der Waals surface area contributed by atoms with Crippen molar-refractivity contribution in [3.05, 3.63) is 29.3 Å². The Morgan fingerprint density at radius 1 is 1.29 bits per heavy atom. The molecule has 6 nitrogen and oxygen atoms in total. The van der Waals surface area contributed by atoms with Gasteiger partial charge in [0.15, 0.2) is 0 Å². The summed E-state index contributed by atoms with van der Waals surface area (Å²) in [6, 6.07) is 5.81. The highest BCUT2D eigenvalue weighted by Gasteiger charge is 2.27. The van der Waals surface area contributed by atoms with Crippen LogP contribution in [0.1, 0.15) is 30.4 Å². The molecule has 1 fully saturated rings. The Morgan fingerprint density at radius 2 is 2.00 bits per heavy atom. The number of carbonyl (C=O) groups is 2. The second-order valence-corrected chi connectivity index (χ2v) is 6.13. The Morgan fingerprint density at radius 3 is 2.62 bits per heavy atom. The number of aryl methyl sites for hydroxylation is 2. The number of amides is 1. The summed E-state index contributed by atoms with van der Waals surface area (Å²) >= 11 is 0. The zero-order chi connectivity index (χ0) is 17.5. The van der Waals surface area contributed by atoms with Crippen molar-refractivity contribution in [1.82, 2.24) is 4.90 Å². The van der Waals surface area contributed by atoms with E-state index in [9.17, 15) is 9.59 Å². The highest BCUT2D eigenvalue weighted by Crippen LogP contribution is 2.19. The van der Waals surface area contributed by atoms with Crippen molar-refractivity contribution >= 4 is 11.9 Å². The van der Waals surface area contributed by atoms with Crippen LogP contribution in [-0.4, -0.2) is 54.3 Å². The van der Waals surface area contributed by atoms with Crippen LogP contribution in [0.25, 0.3) is 0 Å². The van der Waals surface area contributed by atoms with Gasteiger partial charge < -0.3 is 19.5 Å². The number of carboxylic acids is 1. The van der Waals surface area contributed by atoms with Gasteiger partial charge in [-0.1, -0.05) is 17.7 Å². The molecule has 2 rings (SSSR count). The molecule has 1 aliphatic rings. The first-order chi connectivity index (χ1) is 11.5. The van der Waals surface area contributed by atoms with Crippen LogP contribution in [0.15, 0.2) is 18.2 Å². The number of carboxylic acid groups (broad SMARTS) is 1. The monoisotopic (exact) mass is 335 g/mol. The molecule has 1 aliphatic heterocycles. The van der Waals surface area contributed by atoms with Gasteiger partial charge in [0.1, 0.15) is 12.3 Å². The van der Waals surface area contributed by atoms with Crippen LogP contribution in [0.4, 0.5) is 0 Å². The number of hydrogen-bond donors (Lipinski definition) is 1. The molecule has 24 heavy (non-hydrogen) atoms. The van der Waals surface area contributed by atoms with E-state index in [1.165, 1.54) is 4.90 Å². The minimum atomic E-state index is -0.995. The molecule has 6 heteroatoms. The third-order valence-corrected chi connectivity index (χ3v) is 4.16. The van der Waals surface area contributed by atoms with Gasteiger partial charge in [-0.25, -0.2) is 0 Å². The van der Waals surface area contributed by atoms with Crippen molar-refractivity contribution in [2.45, 2.75) is 39.2 Å². The summed E-state index contributed by atoms with van der Waals surface area (Å²) in [6.07, 6.45) is 1.52. The van der Waals surface area contributed by atoms with E-state index in [0.717, 1.165) is 16.9 Å². The van der Waals surface area contributed by atoms with Gasteiger partial charge in [0.25, 0.3) is 0 Å². The highest BCUT2D eigenvalue weighted by atomic mass is 16.5. The molecule has 0 unspecified atom stereocenters. The van der Waals surface area contributed by atoms with Gasteiger partial charge >= 0.3 is 5.97 Å². The van der Waals surface area contributed by atoms with Gasteiger partial charge in [-0.2, -0.15) is 0 Å². The van der Waals surface area contributed by atoms with E-state index >= 15 is 0 Å². The first kappa shape index (κ1) is 18.3. The van der Waals surface area contributed by atoms with Gasteiger partial charge in [-0.15, -0.1) is 0 Å². The first-order valence-electron chi connectivity index (χ1n) is 8.26. The normalized spacial score (nSPS) is 15.1. The number of nitrogens with zero attached hydrogens (tertiary/aromatic N) is 1. The molecule has 0 atom stereocenters. The van der Waals surface area contributed by atoms with Gasteiger partial charge in [-0.05, 0) is 38.3 Å². The Labute approximate surface area is 142 Å². The van der Waals surface area contributed by atoms with Crippen molar-refractivity contribution in [2.24, 2.45) is 0 Å². The predicted octanol–water partition coefficient (Wildman–Crippen LogP) is 2.16. The number of rotatable bonds is 7. The maximum absolute atomic E-state index is 12.4. The summed E-state index contributed by atoms with van der Waals surface area (Å²) in [5, 5.41) is 9.07. The molecule has 1 N–H and O–H groups in total. The molecule has 0 aromatic heterocycles. The second-order valence-electron chi connectivity index (χ2n) is 6.13. The molecule has 0 bridgehead atoms. The van der Waals surface area contributed by atoms with Crippen LogP contribution in [0.3, 0.4) is 0 Å². The fraction of sp³-hybridized carbons (Fsp3) is 0.556. The Hall–Kier alpha value is -2.08. The Balaban J connectivity index is 1.90. The molecule has 1 saturated heterocycles. The Bertz CT molecular complexity index is 581. The van der Waals surface area contributed by atoms with E-state index < -0.39 is 5.97 Å². The van der Waals surface area contributed by atoms with Gasteiger partial charge in [0.2, 0.25) is 5.91 Å². The van der Waals surface area contributed by atoms with E-state index in [-0.39, 0.29) is 31.5 Å². The third-order valence-electron chi connectivity index (χ3n) is 4.16. The fourth-order valence-corrected chi connectivity index (χ4v) is 2.92. The SMILES string of the molecule is Cc1ccc(OCCC(=O)N(CC(=O)O)C2CCOCC2)c(C)c1. The molecule has 0 radical (unpaired) electrons. The van der Waals surface area contributed by atoms with Gasteiger partial charge in [0, 0.05) is 19.3 Å². The number of hydrogen-bond acceptors (Lipinski definition) is 4. The van der Waals surface area contributed by atoms with E-state index in [1.807, 2.05) is 32.0 Å². The van der Waals surface area contributed by atoms with Gasteiger partial charge in [-0.3, -0.25) is 9.59 Å². The van der Waals surface area contributed by atoms with Crippen LogP contribution in [0, 0.1) is 13.8 Å². The predicted molar refractivity (Wildman–Crippen MR) is 89.2 cm³/mol. The van der Waals surface area contributed by atoms with Crippen LogP contribution >= 0.6 is 0 Å². The smallest absolute Gasteiger partial charge is 0.323 e. The topological polar surface area (TPSA) is 76.1 Å². The lowest BCUT2D eigenvalue weighted by molar-refractivity contribution is -0.148. The van der Waals surface area contributed by atoms with Crippen LogP contribution in [-0.2, 0) is 14.3 Å². The van der Waals surface area contributed by atoms with Crippen LogP contribution < -0.4 is 4.74 Å². The highest BCUT2D eigenvalue weighted by molar-refractivity contribution is 5.81. The number of carbonyl (C=O) groups excluding carboxylic acids is 1. The summed E-state index contributed by atoms with van der Waals surface area (Å²) in [5.74, 6) is -0.427. The lowest BCUT2D eigenvalue weighted by Crippen LogP contribution is -2.46. The van der Waals surface area contributed by atoms with Crippen molar-refractivity contribution in [1.29, 1.82) is 0 Å². The fourth-order valence-electron chi connectivity index (χ4n) is 2.92. The molecule has 1 heterocycles. The molecule has 1 aromatic carbocycles. The minimum absolute atomic E-state index is 0.0662. The van der Waals surface area contributed by atoms with E-state index in [1.54, 1.807) is 0 Å². The van der Waals surface area contributed by atoms with Crippen LogP contribution in [0.2, 0.25) is 0 Å². The van der Waals surface area contributed by atoms with Crippen molar-refractivity contribution < 1.29 is 24.2 Å². The van der Waals surface area contributed by atoms with Crippen molar-refractivity contribution in [3.8, 4) is 5.75 Å². The largest absolute Gasteiger partial charge is 0.493 e. The average Bonchev–Trinajstić information content (AvgIpc) is 2.55. The summed E-state index contributed by atoms with van der Waals surface area (Å²) in [4.78, 5) is 25.0. The standard InChI is InChI=1S/C18H25NO5/c1-13-3-4-16(14(2)11-13)24-10-7-17(20)19(12-18(21)22)15-5-8-23-9-6-15/h3-4,11,15H,5-10,12H2,1-2H3,(H,21,22). The van der Waals surface area contributed by atoms with E-state index in [0.29, 0.717) is 26.1 Å². The number of aliphatic carboxylic acids is 1. The quantitative estimate of drug-likeness (QED) is 0.826. The minimum Gasteiger partial charge on any atom is -0.493 e. The molecular formula is C18H25NO5. The molecule has 0 saturated carbocycles. The molecule has 1 aromatic rings. The number of ether oxygens (including phenoxy) is 2. The van der Waals surface area contributed by atoms with E-state index in [2.05, 4.69) is 0 Å². The average molecular weight is 335 g/mol. The molecular weight excluding hydrogens is 310 g/mol. The van der Waals surface area contributed by atoms with Crippen LogP contribution in [0.5, 0.6) is 5.75 Å². The zero-order valence-electron chi connectivity index (χ0n) is 14.3. The maximum atomic E-state index is 12.4. The summed E-state index contributed by atoms with van der Waals surface area (Å²) in [6.45, 7) is 5.07. The van der Waals surface area contributed by atoms with E-state index in [4.69, 9.17) is 14.6 Å². The second kappa shape index (κ2) is 8.68. The molecule has 0 aliphatic carbocycles. The summed E-state index contributed by atoms with van der Waals surface area (Å²) in [7, 11) is 0. The molecule has 0 spiro atoms. The van der Waals surface area contributed by atoms with Crippen molar-refractivity contribution in [2.75, 3.05) is 26.4 Å². The molecule has 1 amide bonds. The lowest BCUT2D eigenvalue weighted by atomic mass is 10.1. The summed E-state index contributed by atoms with van der Waals surface area (Å²) in [5.41, 5.74) is 2.18. The van der Waals surface area contributed by atoms with Crippen molar-refractivity contribution in [3.63, 3.8) is 0 Å².